The smallest absolute Gasteiger partial charge is 0.0588 e. The van der Waals surface area contributed by atoms with E-state index in [1.807, 2.05) is 0 Å². The van der Waals surface area contributed by atoms with Gasteiger partial charge in [-0.3, -0.25) is 0 Å². The molecule has 18 heavy (non-hydrogen) atoms. The van der Waals surface area contributed by atoms with Crippen LogP contribution in [0.25, 0.3) is 0 Å². The third-order valence-electron chi connectivity index (χ3n) is 1.71. The summed E-state index contributed by atoms with van der Waals surface area (Å²) in [7, 11) is 0. The Balaban J connectivity index is 0. The van der Waals surface area contributed by atoms with Gasteiger partial charge >= 0.3 is 0 Å². The molecular weight excluding hydrogens is 293 g/mol. The zero-order valence-corrected chi connectivity index (χ0v) is 9.89. The predicted molar refractivity (Wildman–Crippen MR) is 40.0 cm³/mol. The molecule has 0 aromatic heterocycles. The molecule has 0 saturated heterocycles. The van der Waals surface area contributed by atoms with Crippen molar-refractivity contribution in [2.45, 2.75) is 24.9 Å². The summed E-state index contributed by atoms with van der Waals surface area (Å²) in [4.78, 5) is 41.2. The van der Waals surface area contributed by atoms with Crippen LogP contribution in [0, 0.1) is 0 Å². The van der Waals surface area contributed by atoms with Gasteiger partial charge in [-0.05, 0) is 0 Å². The van der Waals surface area contributed by atoms with Crippen LogP contribution in [-0.4, -0.2) is 36.0 Å². The predicted octanol–water partition coefficient (Wildman–Crippen LogP) is -6.91. The molecule has 1 radical (unpaired) electrons. The molecule has 0 saturated carbocycles. The quantitative estimate of drug-likeness (QED) is 0.427. The van der Waals surface area contributed by atoms with Gasteiger partial charge < -0.3 is 44.9 Å². The van der Waals surface area contributed by atoms with Crippen molar-refractivity contribution in [2.24, 2.45) is 0 Å². The number of hydrogen-bond donors (Lipinski definition) is 1. The van der Waals surface area contributed by atoms with Crippen LogP contribution >= 0.6 is 0 Å². The minimum absolute atomic E-state index is 0. The molecule has 1 N–H and O–H groups in total. The molecule has 0 aromatic carbocycles. The van der Waals surface area contributed by atoms with E-state index in [-0.39, 0.29) is 17.1 Å². The van der Waals surface area contributed by atoms with Crippen LogP contribution in [0.15, 0.2) is 0 Å². The maximum Gasteiger partial charge on any atom is 0.0588 e. The summed E-state index contributed by atoms with van der Waals surface area (Å²) in [5.74, 6) is -7.34. The monoisotopic (exact) mass is 300 g/mol. The summed E-state index contributed by atoms with van der Waals surface area (Å²) in [5, 5.41) is 42.9. The Kier molecular flexibility index (Phi) is 8.79. The third-order valence-corrected chi connectivity index (χ3v) is 1.71. The summed E-state index contributed by atoms with van der Waals surface area (Å²) in [5.41, 5.74) is 0. The Morgan fingerprint density at radius 2 is 1.06 bits per heavy atom. The molecule has 9 nitrogen and oxygen atoms in total. The summed E-state index contributed by atoms with van der Waals surface area (Å²) in [6.07, 6.45) is -2.14. The van der Waals surface area contributed by atoms with Crippen molar-refractivity contribution in [3.8, 4) is 0 Å². The van der Waals surface area contributed by atoms with Gasteiger partial charge in [0.05, 0.1) is 24.0 Å². The third kappa shape index (κ3) is 7.60. The number of rotatable bonds is 8. The zero-order chi connectivity index (χ0) is 13.6. The summed E-state index contributed by atoms with van der Waals surface area (Å²) >= 11 is 0. The average molecular weight is 300 g/mol. The molecule has 10 heteroatoms. The van der Waals surface area contributed by atoms with Crippen molar-refractivity contribution >= 4 is 23.9 Å². The van der Waals surface area contributed by atoms with Gasteiger partial charge in [-0.15, -0.1) is 0 Å². The van der Waals surface area contributed by atoms with Crippen molar-refractivity contribution in [3.63, 3.8) is 0 Å². The van der Waals surface area contributed by atoms with Crippen LogP contribution in [0.5, 0.6) is 0 Å². The standard InChI is InChI=1S/C8H11NO8.Mn/c10-5(11)1-3(7(14)15)9-4(8(16)17)2-6(12)13;/h3-4,9H,1-2H2,(H,10,11)(H,12,13)(H,14,15)(H,16,17);/p-4. The molecular formula is C8H7MnNO8-4. The molecule has 0 aliphatic heterocycles. The SMILES string of the molecule is O=C([O-])CC(NC(CC(=O)[O-])C(=O)[O-])C(=O)[O-].[Mn]. The van der Waals surface area contributed by atoms with Gasteiger partial charge in [0.15, 0.2) is 0 Å². The average Bonchev–Trinajstić information content (AvgIpc) is 2.13. The summed E-state index contributed by atoms with van der Waals surface area (Å²) in [6, 6.07) is -3.80. The Hall–Kier alpha value is -1.64. The Bertz CT molecular complexity index is 312. The number of aliphatic carboxylic acids is 4. The second-order valence-corrected chi connectivity index (χ2v) is 3.06. The van der Waals surface area contributed by atoms with E-state index in [1.165, 1.54) is 0 Å². The number of hydrogen-bond acceptors (Lipinski definition) is 9. The van der Waals surface area contributed by atoms with Crippen LogP contribution in [-0.2, 0) is 36.2 Å². The van der Waals surface area contributed by atoms with Gasteiger partial charge in [0, 0.05) is 41.8 Å². The van der Waals surface area contributed by atoms with Crippen LogP contribution in [0.2, 0.25) is 0 Å². The molecule has 2 atom stereocenters. The van der Waals surface area contributed by atoms with E-state index in [0.29, 0.717) is 0 Å². The van der Waals surface area contributed by atoms with E-state index >= 15 is 0 Å². The fourth-order valence-corrected chi connectivity index (χ4v) is 0.997. The Labute approximate surface area is 111 Å². The molecule has 0 amide bonds. The molecule has 0 fully saturated rings. The Morgan fingerprint density at radius 1 is 0.778 bits per heavy atom. The number of carbonyl (C=O) groups excluding carboxylic acids is 4. The second kappa shape index (κ2) is 8.45. The van der Waals surface area contributed by atoms with Crippen LogP contribution in [0.3, 0.4) is 0 Å². The van der Waals surface area contributed by atoms with E-state index in [9.17, 15) is 39.6 Å². The van der Waals surface area contributed by atoms with Crippen LogP contribution < -0.4 is 25.7 Å². The van der Waals surface area contributed by atoms with Gasteiger partial charge in [0.2, 0.25) is 0 Å². The van der Waals surface area contributed by atoms with Crippen molar-refractivity contribution in [1.29, 1.82) is 0 Å². The van der Waals surface area contributed by atoms with E-state index in [0.717, 1.165) is 0 Å². The number of carboxylic acids is 4. The van der Waals surface area contributed by atoms with E-state index in [4.69, 9.17) is 0 Å². The van der Waals surface area contributed by atoms with Crippen molar-refractivity contribution in [3.05, 3.63) is 0 Å². The molecule has 103 valence electrons. The van der Waals surface area contributed by atoms with Crippen LogP contribution in [0.4, 0.5) is 0 Å². The normalized spacial score (nSPS) is 12.9. The summed E-state index contributed by atoms with van der Waals surface area (Å²) < 4.78 is 0. The maximum atomic E-state index is 10.4. The van der Waals surface area contributed by atoms with Gasteiger partial charge in [0.1, 0.15) is 0 Å². The molecule has 0 aromatic rings. The molecule has 2 unspecified atom stereocenters. The molecule has 0 bridgehead atoms. The van der Waals surface area contributed by atoms with E-state index in [1.54, 1.807) is 5.32 Å². The second-order valence-electron chi connectivity index (χ2n) is 3.06. The largest absolute Gasteiger partial charge is 0.550 e. The maximum absolute atomic E-state index is 10.4. The molecule has 0 heterocycles. The number of carboxylic acid groups (broad SMARTS) is 4. The number of carbonyl (C=O) groups is 4. The molecule has 0 aliphatic carbocycles. The minimum atomic E-state index is -1.90. The zero-order valence-electron chi connectivity index (χ0n) is 8.71. The molecule has 0 aliphatic rings. The van der Waals surface area contributed by atoms with Gasteiger partial charge in [-0.25, -0.2) is 0 Å². The first-order valence-electron chi connectivity index (χ1n) is 4.31. The van der Waals surface area contributed by atoms with Crippen molar-refractivity contribution < 1.29 is 56.7 Å². The van der Waals surface area contributed by atoms with Crippen LogP contribution in [0.1, 0.15) is 12.8 Å². The van der Waals surface area contributed by atoms with E-state index < -0.39 is 48.8 Å². The van der Waals surface area contributed by atoms with Gasteiger partial charge in [-0.1, -0.05) is 0 Å². The molecule has 0 spiro atoms. The van der Waals surface area contributed by atoms with Gasteiger partial charge in [0.25, 0.3) is 0 Å². The number of nitrogens with one attached hydrogen (secondary N) is 1. The first kappa shape index (κ1) is 18.7. The van der Waals surface area contributed by atoms with Crippen molar-refractivity contribution in [2.75, 3.05) is 0 Å². The van der Waals surface area contributed by atoms with Crippen molar-refractivity contribution in [1.82, 2.24) is 5.32 Å². The minimum Gasteiger partial charge on any atom is -0.550 e. The van der Waals surface area contributed by atoms with E-state index in [2.05, 4.69) is 0 Å². The van der Waals surface area contributed by atoms with Gasteiger partial charge in [-0.2, -0.15) is 0 Å². The Morgan fingerprint density at radius 3 is 1.22 bits per heavy atom. The summed E-state index contributed by atoms with van der Waals surface area (Å²) in [6.45, 7) is 0. The first-order valence-corrected chi connectivity index (χ1v) is 4.31. The first-order chi connectivity index (χ1) is 7.73. The fourth-order valence-electron chi connectivity index (χ4n) is 0.997. The topological polar surface area (TPSA) is 173 Å². The fraction of sp³-hybridized carbons (Fsp3) is 0.500. The molecule has 0 rings (SSSR count).